The Hall–Kier alpha value is -0.970. The molecule has 1 aromatic heterocycles. The Bertz CT molecular complexity index is 260. The minimum absolute atomic E-state index is 0.312. The van der Waals surface area contributed by atoms with E-state index in [0.29, 0.717) is 11.5 Å². The Balaban J connectivity index is 2.18. The van der Waals surface area contributed by atoms with Crippen LogP contribution in [-0.4, -0.2) is 22.0 Å². The molecule has 1 rings (SSSR count). The summed E-state index contributed by atoms with van der Waals surface area (Å²) in [4.78, 5) is 10.4. The zero-order chi connectivity index (χ0) is 9.68. The zero-order valence-electron chi connectivity index (χ0n) is 7.27. The normalized spacial score (nSPS) is 12.7. The molecule has 5 heteroatoms. The predicted octanol–water partition coefficient (Wildman–Crippen LogP) is 1.63. The van der Waals surface area contributed by atoms with Crippen LogP contribution >= 0.6 is 11.8 Å². The van der Waals surface area contributed by atoms with Crippen molar-refractivity contribution in [1.82, 2.24) is 5.16 Å². The van der Waals surface area contributed by atoms with Crippen LogP contribution in [0.5, 0.6) is 0 Å². The highest BCUT2D eigenvalue weighted by atomic mass is 32.2. The first kappa shape index (κ1) is 10.1. The molecule has 0 aliphatic carbocycles. The van der Waals surface area contributed by atoms with Crippen molar-refractivity contribution in [3.05, 3.63) is 18.0 Å². The molecule has 0 aliphatic heterocycles. The lowest BCUT2D eigenvalue weighted by molar-refractivity contribution is -0.140. The highest BCUT2D eigenvalue weighted by Gasteiger charge is 2.10. The van der Waals surface area contributed by atoms with Gasteiger partial charge in [-0.15, -0.1) is 0 Å². The van der Waals surface area contributed by atoms with Crippen LogP contribution in [0.4, 0.5) is 0 Å². The molecule has 0 aromatic carbocycles. The van der Waals surface area contributed by atoms with Gasteiger partial charge in [-0.2, -0.15) is 11.8 Å². The molecule has 13 heavy (non-hydrogen) atoms. The SMILES string of the molecule is CC(CSCc1ccno1)C(=O)O. The molecule has 1 aromatic rings. The van der Waals surface area contributed by atoms with Crippen molar-refractivity contribution < 1.29 is 14.4 Å². The van der Waals surface area contributed by atoms with E-state index in [2.05, 4.69) is 5.16 Å². The summed E-state index contributed by atoms with van der Waals surface area (Å²) in [6.45, 7) is 1.69. The fourth-order valence-corrected chi connectivity index (χ4v) is 1.69. The van der Waals surface area contributed by atoms with Crippen LogP contribution in [0.1, 0.15) is 12.7 Å². The third kappa shape index (κ3) is 3.50. The number of hydrogen-bond acceptors (Lipinski definition) is 4. The van der Waals surface area contributed by atoms with Gasteiger partial charge in [0.2, 0.25) is 0 Å². The summed E-state index contributed by atoms with van der Waals surface area (Å²) < 4.78 is 4.86. The summed E-state index contributed by atoms with van der Waals surface area (Å²) in [5.74, 6) is 0.980. The second-order valence-corrected chi connectivity index (χ2v) is 3.76. The van der Waals surface area contributed by atoms with Crippen LogP contribution in [-0.2, 0) is 10.5 Å². The molecule has 4 nitrogen and oxygen atoms in total. The molecule has 1 N–H and O–H groups in total. The van der Waals surface area contributed by atoms with E-state index in [0.717, 1.165) is 5.76 Å². The van der Waals surface area contributed by atoms with E-state index in [9.17, 15) is 4.79 Å². The summed E-state index contributed by atoms with van der Waals surface area (Å²) in [5.41, 5.74) is 0. The van der Waals surface area contributed by atoms with Crippen LogP contribution in [0.2, 0.25) is 0 Å². The van der Waals surface area contributed by atoms with Gasteiger partial charge >= 0.3 is 5.97 Å². The van der Waals surface area contributed by atoms with Crippen LogP contribution in [0.15, 0.2) is 16.8 Å². The summed E-state index contributed by atoms with van der Waals surface area (Å²) in [6, 6.07) is 1.78. The van der Waals surface area contributed by atoms with E-state index in [1.54, 1.807) is 19.2 Å². The number of nitrogens with zero attached hydrogens (tertiary/aromatic N) is 1. The van der Waals surface area contributed by atoms with Gasteiger partial charge in [0.25, 0.3) is 0 Å². The third-order valence-electron chi connectivity index (χ3n) is 1.52. The lowest BCUT2D eigenvalue weighted by Gasteiger charge is -2.03. The number of carboxylic acids is 1. The van der Waals surface area contributed by atoms with E-state index in [-0.39, 0.29) is 5.92 Å². The van der Waals surface area contributed by atoms with Gasteiger partial charge in [0.1, 0.15) is 5.76 Å². The summed E-state index contributed by atoms with van der Waals surface area (Å²) >= 11 is 1.53. The molecule has 1 atom stereocenters. The Labute approximate surface area is 80.3 Å². The number of thioether (sulfide) groups is 1. The lowest BCUT2D eigenvalue weighted by atomic mass is 10.2. The fraction of sp³-hybridized carbons (Fsp3) is 0.500. The monoisotopic (exact) mass is 201 g/mol. The van der Waals surface area contributed by atoms with Gasteiger partial charge in [-0.1, -0.05) is 12.1 Å². The Morgan fingerprint density at radius 1 is 1.85 bits per heavy atom. The minimum Gasteiger partial charge on any atom is -0.481 e. The second-order valence-electron chi connectivity index (χ2n) is 2.73. The number of aliphatic carboxylic acids is 1. The molecule has 0 fully saturated rings. The largest absolute Gasteiger partial charge is 0.481 e. The molecule has 0 radical (unpaired) electrons. The minimum atomic E-state index is -0.759. The molecule has 0 amide bonds. The van der Waals surface area contributed by atoms with Crippen molar-refractivity contribution in [2.24, 2.45) is 5.92 Å². The quantitative estimate of drug-likeness (QED) is 0.784. The Morgan fingerprint density at radius 3 is 3.15 bits per heavy atom. The van der Waals surface area contributed by atoms with Crippen molar-refractivity contribution in [2.75, 3.05) is 5.75 Å². The Kier molecular flexibility index (Phi) is 3.82. The van der Waals surface area contributed by atoms with Crippen molar-refractivity contribution in [3.8, 4) is 0 Å². The van der Waals surface area contributed by atoms with Crippen molar-refractivity contribution in [3.63, 3.8) is 0 Å². The standard InChI is InChI=1S/C8H11NO3S/c1-6(8(10)11)4-13-5-7-2-3-9-12-7/h2-3,6H,4-5H2,1H3,(H,10,11). The fourth-order valence-electron chi connectivity index (χ4n) is 0.724. The van der Waals surface area contributed by atoms with Crippen LogP contribution in [0, 0.1) is 5.92 Å². The van der Waals surface area contributed by atoms with Gasteiger partial charge in [-0.05, 0) is 0 Å². The van der Waals surface area contributed by atoms with Crippen molar-refractivity contribution in [2.45, 2.75) is 12.7 Å². The number of carboxylic acid groups (broad SMARTS) is 1. The van der Waals surface area contributed by atoms with Gasteiger partial charge in [-0.25, -0.2) is 0 Å². The number of rotatable bonds is 5. The Morgan fingerprint density at radius 2 is 2.62 bits per heavy atom. The maximum Gasteiger partial charge on any atom is 0.307 e. The van der Waals surface area contributed by atoms with E-state index in [1.165, 1.54) is 11.8 Å². The highest BCUT2D eigenvalue weighted by molar-refractivity contribution is 7.98. The smallest absolute Gasteiger partial charge is 0.307 e. The van der Waals surface area contributed by atoms with Gasteiger partial charge in [0.05, 0.1) is 17.9 Å². The average Bonchev–Trinajstić information content (AvgIpc) is 2.56. The van der Waals surface area contributed by atoms with Crippen LogP contribution in [0.3, 0.4) is 0 Å². The van der Waals surface area contributed by atoms with Crippen LogP contribution < -0.4 is 0 Å². The summed E-state index contributed by atoms with van der Waals surface area (Å²) in [7, 11) is 0. The van der Waals surface area contributed by atoms with E-state index < -0.39 is 5.97 Å². The molecule has 0 spiro atoms. The summed E-state index contributed by atoms with van der Waals surface area (Å²) in [6.07, 6.45) is 1.58. The van der Waals surface area contributed by atoms with Crippen molar-refractivity contribution >= 4 is 17.7 Å². The number of carbonyl (C=O) groups is 1. The maximum absolute atomic E-state index is 10.4. The molecular formula is C8H11NO3S. The van der Waals surface area contributed by atoms with E-state index in [1.807, 2.05) is 0 Å². The molecule has 0 aliphatic rings. The number of hydrogen-bond donors (Lipinski definition) is 1. The average molecular weight is 201 g/mol. The summed E-state index contributed by atoms with van der Waals surface area (Å²) in [5, 5.41) is 12.1. The zero-order valence-corrected chi connectivity index (χ0v) is 8.08. The molecule has 0 saturated heterocycles. The number of aromatic nitrogens is 1. The molecule has 1 heterocycles. The second kappa shape index (κ2) is 4.91. The maximum atomic E-state index is 10.4. The highest BCUT2D eigenvalue weighted by Crippen LogP contribution is 2.14. The van der Waals surface area contributed by atoms with Gasteiger partial charge < -0.3 is 9.63 Å². The van der Waals surface area contributed by atoms with Crippen LogP contribution in [0.25, 0.3) is 0 Å². The topological polar surface area (TPSA) is 63.3 Å². The molecular weight excluding hydrogens is 190 g/mol. The van der Waals surface area contributed by atoms with Gasteiger partial charge in [-0.3, -0.25) is 4.79 Å². The van der Waals surface area contributed by atoms with Gasteiger partial charge in [0.15, 0.2) is 0 Å². The lowest BCUT2D eigenvalue weighted by Crippen LogP contribution is -2.11. The molecule has 72 valence electrons. The first-order valence-electron chi connectivity index (χ1n) is 3.90. The van der Waals surface area contributed by atoms with E-state index in [4.69, 9.17) is 9.63 Å². The first-order valence-corrected chi connectivity index (χ1v) is 5.05. The van der Waals surface area contributed by atoms with E-state index >= 15 is 0 Å². The predicted molar refractivity (Wildman–Crippen MR) is 49.5 cm³/mol. The first-order chi connectivity index (χ1) is 6.20. The molecule has 0 bridgehead atoms. The van der Waals surface area contributed by atoms with Gasteiger partial charge in [0, 0.05) is 11.8 Å². The third-order valence-corrected chi connectivity index (χ3v) is 2.75. The molecule has 1 unspecified atom stereocenters. The van der Waals surface area contributed by atoms with Crippen molar-refractivity contribution in [1.29, 1.82) is 0 Å². The molecule has 0 saturated carbocycles.